The van der Waals surface area contributed by atoms with Crippen LogP contribution in [0.2, 0.25) is 0 Å². The molecule has 2 rings (SSSR count). The van der Waals surface area contributed by atoms with E-state index in [1.54, 1.807) is 0 Å². The van der Waals surface area contributed by atoms with Gasteiger partial charge in [-0.3, -0.25) is 4.79 Å². The third kappa shape index (κ3) is 3.45. The summed E-state index contributed by atoms with van der Waals surface area (Å²) in [6.45, 7) is -0.203. The van der Waals surface area contributed by atoms with Crippen LogP contribution in [0.5, 0.6) is 0 Å². The molecule has 1 aliphatic heterocycles. The largest absolute Gasteiger partial charge is 0.395 e. The Balaban J connectivity index is 2.06. The first-order valence-corrected chi connectivity index (χ1v) is 7.99. The molecule has 1 amide bonds. The lowest BCUT2D eigenvalue weighted by atomic mass is 10.2. The minimum Gasteiger partial charge on any atom is -0.395 e. The molecular formula is C10H17N5O4S. The summed E-state index contributed by atoms with van der Waals surface area (Å²) in [6.07, 6.45) is 1.73. The fourth-order valence-electron chi connectivity index (χ4n) is 2.25. The van der Waals surface area contributed by atoms with Gasteiger partial charge in [0.15, 0.2) is 9.84 Å². The molecule has 1 fully saturated rings. The molecule has 0 radical (unpaired) electrons. The van der Waals surface area contributed by atoms with Crippen molar-refractivity contribution in [3.05, 3.63) is 6.33 Å². The van der Waals surface area contributed by atoms with Crippen molar-refractivity contribution in [1.82, 2.24) is 19.7 Å². The molecule has 0 aromatic carbocycles. The fourth-order valence-corrected chi connectivity index (χ4v) is 3.99. The molecule has 0 spiro atoms. The molecule has 1 atom stereocenters. The van der Waals surface area contributed by atoms with Crippen molar-refractivity contribution in [2.45, 2.75) is 19.0 Å². The summed E-state index contributed by atoms with van der Waals surface area (Å²) in [5.41, 5.74) is 5.36. The predicted molar refractivity (Wildman–Crippen MR) is 70.3 cm³/mol. The van der Waals surface area contributed by atoms with Crippen LogP contribution < -0.4 is 5.73 Å². The van der Waals surface area contributed by atoms with Crippen molar-refractivity contribution in [1.29, 1.82) is 0 Å². The molecule has 1 aliphatic rings. The molecule has 0 saturated carbocycles. The van der Waals surface area contributed by atoms with Crippen LogP contribution in [0, 0.1) is 0 Å². The van der Waals surface area contributed by atoms with Gasteiger partial charge in [0, 0.05) is 12.6 Å². The van der Waals surface area contributed by atoms with Gasteiger partial charge in [0.2, 0.25) is 11.9 Å². The Morgan fingerprint density at radius 1 is 1.60 bits per heavy atom. The molecule has 9 nitrogen and oxygen atoms in total. The van der Waals surface area contributed by atoms with E-state index in [2.05, 4.69) is 10.1 Å². The molecule has 1 unspecified atom stereocenters. The Morgan fingerprint density at radius 2 is 2.35 bits per heavy atom. The van der Waals surface area contributed by atoms with Gasteiger partial charge in [-0.15, -0.1) is 5.10 Å². The summed E-state index contributed by atoms with van der Waals surface area (Å²) in [6, 6.07) is -0.388. The number of nitrogens with two attached hydrogens (primary N) is 1. The molecule has 1 aromatic heterocycles. The van der Waals surface area contributed by atoms with Crippen LogP contribution in [0.1, 0.15) is 6.42 Å². The lowest BCUT2D eigenvalue weighted by Gasteiger charge is -2.27. The Kier molecular flexibility index (Phi) is 4.23. The maximum Gasteiger partial charge on any atom is 0.244 e. The number of carbonyl (C=O) groups excluding carboxylic acids is 1. The number of hydrogen-bond acceptors (Lipinski definition) is 7. The van der Waals surface area contributed by atoms with Crippen LogP contribution in [-0.2, 0) is 21.2 Å². The SMILES string of the molecule is Nc1ncn(CC(=O)N(CCO)C2CCS(=O)(=O)C2)n1. The summed E-state index contributed by atoms with van der Waals surface area (Å²) in [5, 5.41) is 12.9. The van der Waals surface area contributed by atoms with Crippen molar-refractivity contribution in [3.8, 4) is 0 Å². The van der Waals surface area contributed by atoms with Gasteiger partial charge >= 0.3 is 0 Å². The van der Waals surface area contributed by atoms with E-state index in [0.717, 1.165) is 0 Å². The van der Waals surface area contributed by atoms with Crippen molar-refractivity contribution in [3.63, 3.8) is 0 Å². The molecule has 3 N–H and O–H groups in total. The molecule has 0 aliphatic carbocycles. The van der Waals surface area contributed by atoms with E-state index < -0.39 is 9.84 Å². The second kappa shape index (κ2) is 5.75. The number of nitrogens with zero attached hydrogens (tertiary/aromatic N) is 4. The number of aliphatic hydroxyl groups excluding tert-OH is 1. The predicted octanol–water partition coefficient (Wildman–Crippen LogP) is -2.13. The van der Waals surface area contributed by atoms with E-state index in [9.17, 15) is 13.2 Å². The van der Waals surface area contributed by atoms with E-state index in [1.807, 2.05) is 0 Å². The number of amides is 1. The van der Waals surface area contributed by atoms with Crippen LogP contribution >= 0.6 is 0 Å². The lowest BCUT2D eigenvalue weighted by molar-refractivity contribution is -0.134. The number of hydrogen-bond donors (Lipinski definition) is 2. The standard InChI is InChI=1S/C10H17N5O4S/c11-10-12-7-14(13-10)5-9(17)15(2-3-16)8-1-4-20(18,19)6-8/h7-8,16H,1-6H2,(H2,11,13). The number of carbonyl (C=O) groups is 1. The average Bonchev–Trinajstić information content (AvgIpc) is 2.92. The summed E-state index contributed by atoms with van der Waals surface area (Å²) in [4.78, 5) is 17.3. The summed E-state index contributed by atoms with van der Waals surface area (Å²) < 4.78 is 24.3. The summed E-state index contributed by atoms with van der Waals surface area (Å²) in [5.74, 6) is -0.234. The zero-order valence-corrected chi connectivity index (χ0v) is 11.7. The first kappa shape index (κ1) is 14.7. The highest BCUT2D eigenvalue weighted by Gasteiger charge is 2.34. The van der Waals surface area contributed by atoms with E-state index in [4.69, 9.17) is 10.8 Å². The zero-order valence-electron chi connectivity index (χ0n) is 10.8. The second-order valence-electron chi connectivity index (χ2n) is 4.67. The highest BCUT2D eigenvalue weighted by molar-refractivity contribution is 7.91. The quantitative estimate of drug-likeness (QED) is 0.635. The Labute approximate surface area is 116 Å². The summed E-state index contributed by atoms with van der Waals surface area (Å²) >= 11 is 0. The molecule has 1 saturated heterocycles. The van der Waals surface area contributed by atoms with Gasteiger partial charge in [0.1, 0.15) is 12.9 Å². The fraction of sp³-hybridized carbons (Fsp3) is 0.700. The Hall–Kier alpha value is -1.68. The van der Waals surface area contributed by atoms with Gasteiger partial charge in [0.05, 0.1) is 18.1 Å². The van der Waals surface area contributed by atoms with Gasteiger partial charge in [-0.1, -0.05) is 0 Å². The van der Waals surface area contributed by atoms with Crippen molar-refractivity contribution in [2.75, 3.05) is 30.4 Å². The van der Waals surface area contributed by atoms with Crippen LogP contribution in [0.15, 0.2) is 6.33 Å². The minimum atomic E-state index is -3.09. The monoisotopic (exact) mass is 303 g/mol. The van der Waals surface area contributed by atoms with Crippen molar-refractivity contribution < 1.29 is 18.3 Å². The summed E-state index contributed by atoms with van der Waals surface area (Å²) in [7, 11) is -3.09. The van der Waals surface area contributed by atoms with Crippen LogP contribution in [0.25, 0.3) is 0 Å². The van der Waals surface area contributed by atoms with Gasteiger partial charge < -0.3 is 15.7 Å². The molecule has 2 heterocycles. The molecule has 0 bridgehead atoms. The van der Waals surface area contributed by atoms with Gasteiger partial charge in [-0.2, -0.15) is 0 Å². The van der Waals surface area contributed by atoms with E-state index in [-0.39, 0.29) is 49.1 Å². The normalized spacial score (nSPS) is 20.9. The molecule has 1 aromatic rings. The maximum absolute atomic E-state index is 12.2. The molecular weight excluding hydrogens is 286 g/mol. The van der Waals surface area contributed by atoms with E-state index in [0.29, 0.717) is 6.42 Å². The smallest absolute Gasteiger partial charge is 0.244 e. The second-order valence-corrected chi connectivity index (χ2v) is 6.90. The van der Waals surface area contributed by atoms with Gasteiger partial charge in [-0.05, 0) is 6.42 Å². The van der Waals surface area contributed by atoms with Crippen LogP contribution in [0.4, 0.5) is 5.95 Å². The van der Waals surface area contributed by atoms with Gasteiger partial charge in [-0.25, -0.2) is 18.1 Å². The van der Waals surface area contributed by atoms with Crippen molar-refractivity contribution >= 4 is 21.7 Å². The number of aromatic nitrogens is 3. The highest BCUT2D eigenvalue weighted by Crippen LogP contribution is 2.18. The van der Waals surface area contributed by atoms with Crippen molar-refractivity contribution in [2.24, 2.45) is 0 Å². The number of sulfone groups is 1. The lowest BCUT2D eigenvalue weighted by Crippen LogP contribution is -2.44. The van der Waals surface area contributed by atoms with E-state index in [1.165, 1.54) is 15.9 Å². The Bertz CT molecular complexity index is 584. The first-order chi connectivity index (χ1) is 9.41. The third-order valence-electron chi connectivity index (χ3n) is 3.16. The topological polar surface area (TPSA) is 131 Å². The highest BCUT2D eigenvalue weighted by atomic mass is 32.2. The molecule has 112 valence electrons. The number of rotatable bonds is 5. The van der Waals surface area contributed by atoms with Crippen LogP contribution in [0.3, 0.4) is 0 Å². The molecule has 10 heteroatoms. The minimum absolute atomic E-state index is 0.0573. The first-order valence-electron chi connectivity index (χ1n) is 6.17. The average molecular weight is 303 g/mol. The Morgan fingerprint density at radius 3 is 2.85 bits per heavy atom. The van der Waals surface area contributed by atoms with Gasteiger partial charge in [0.25, 0.3) is 0 Å². The zero-order chi connectivity index (χ0) is 14.8. The number of nitrogen functional groups attached to an aromatic ring is 1. The van der Waals surface area contributed by atoms with E-state index >= 15 is 0 Å². The number of anilines is 1. The number of aliphatic hydroxyl groups is 1. The molecule has 20 heavy (non-hydrogen) atoms. The maximum atomic E-state index is 12.2. The third-order valence-corrected chi connectivity index (χ3v) is 4.91. The van der Waals surface area contributed by atoms with Crippen LogP contribution in [-0.4, -0.2) is 69.8 Å².